The summed E-state index contributed by atoms with van der Waals surface area (Å²) in [5, 5.41) is 3.01. The number of hydrogen-bond donors (Lipinski definition) is 4. The smallest absolute Gasteiger partial charge is 0.340 e. The second-order valence-electron chi connectivity index (χ2n) is 6.18. The van der Waals surface area contributed by atoms with Crippen molar-refractivity contribution in [1.82, 2.24) is 15.4 Å². The van der Waals surface area contributed by atoms with Crippen molar-refractivity contribution in [2.45, 2.75) is 6.92 Å². The first-order valence-electron chi connectivity index (χ1n) is 9.37. The Balaban J connectivity index is 1.73. The molecule has 5 N–H and O–H groups in total. The van der Waals surface area contributed by atoms with E-state index < -0.39 is 5.97 Å². The van der Waals surface area contributed by atoms with Crippen LogP contribution in [0.15, 0.2) is 54.9 Å². The largest absolute Gasteiger partial charge is 0.497 e. The molecule has 3 aromatic rings. The van der Waals surface area contributed by atoms with Crippen molar-refractivity contribution in [3.63, 3.8) is 0 Å². The van der Waals surface area contributed by atoms with Crippen LogP contribution in [0.3, 0.4) is 0 Å². The first-order valence-corrected chi connectivity index (χ1v) is 9.37. The van der Waals surface area contributed by atoms with E-state index >= 15 is 0 Å². The average molecular weight is 422 g/mol. The van der Waals surface area contributed by atoms with E-state index in [1.165, 1.54) is 6.33 Å². The van der Waals surface area contributed by atoms with Crippen molar-refractivity contribution in [2.75, 3.05) is 30.2 Å². The molecule has 0 saturated carbocycles. The Hall–Kier alpha value is -4.34. The van der Waals surface area contributed by atoms with Gasteiger partial charge in [0, 0.05) is 5.56 Å². The summed E-state index contributed by atoms with van der Waals surface area (Å²) in [6.45, 7) is 1.99. The second kappa shape index (κ2) is 9.92. The van der Waals surface area contributed by atoms with E-state index in [-0.39, 0.29) is 29.8 Å². The van der Waals surface area contributed by atoms with Gasteiger partial charge in [-0.05, 0) is 43.3 Å². The van der Waals surface area contributed by atoms with E-state index in [1.807, 2.05) is 0 Å². The van der Waals surface area contributed by atoms with Crippen molar-refractivity contribution in [2.24, 2.45) is 0 Å². The molecule has 10 nitrogen and oxygen atoms in total. The van der Waals surface area contributed by atoms with Gasteiger partial charge < -0.3 is 20.5 Å². The van der Waals surface area contributed by atoms with Crippen LogP contribution in [0.25, 0.3) is 0 Å². The Labute approximate surface area is 178 Å². The Bertz CT molecular complexity index is 1070. The molecular formula is C21H22N6O4. The van der Waals surface area contributed by atoms with Crippen LogP contribution in [0, 0.1) is 0 Å². The van der Waals surface area contributed by atoms with Crippen LogP contribution in [0.1, 0.15) is 27.6 Å². The highest BCUT2D eigenvalue weighted by molar-refractivity contribution is 5.97. The van der Waals surface area contributed by atoms with Crippen LogP contribution >= 0.6 is 0 Å². The molecule has 0 fully saturated rings. The number of anilines is 4. The number of rotatable bonds is 8. The summed E-state index contributed by atoms with van der Waals surface area (Å²) < 4.78 is 10.1. The number of ether oxygens (including phenoxy) is 2. The minimum absolute atomic E-state index is 0.149. The number of hydrazine groups is 1. The maximum atomic E-state index is 12.3. The number of nitrogens with one attached hydrogen (secondary N) is 3. The summed E-state index contributed by atoms with van der Waals surface area (Å²) in [6.07, 6.45) is 1.27. The van der Waals surface area contributed by atoms with Gasteiger partial charge in [-0.25, -0.2) is 14.8 Å². The van der Waals surface area contributed by atoms with Crippen molar-refractivity contribution < 1.29 is 19.1 Å². The van der Waals surface area contributed by atoms with E-state index in [0.29, 0.717) is 22.6 Å². The number of aromatic nitrogens is 2. The van der Waals surface area contributed by atoms with Gasteiger partial charge in [0.2, 0.25) is 0 Å². The summed E-state index contributed by atoms with van der Waals surface area (Å²) in [5.41, 5.74) is 12.7. The van der Waals surface area contributed by atoms with Gasteiger partial charge in [0.25, 0.3) is 5.91 Å². The van der Waals surface area contributed by atoms with Crippen LogP contribution in [0.5, 0.6) is 5.75 Å². The highest BCUT2D eigenvalue weighted by Crippen LogP contribution is 2.27. The zero-order valence-electron chi connectivity index (χ0n) is 17.0. The van der Waals surface area contributed by atoms with E-state index in [1.54, 1.807) is 62.6 Å². The number of nitrogen functional groups attached to an aromatic ring is 1. The van der Waals surface area contributed by atoms with Crippen molar-refractivity contribution in [3.8, 4) is 5.75 Å². The summed E-state index contributed by atoms with van der Waals surface area (Å²) >= 11 is 0. The number of carbonyl (C=O) groups excluding carboxylic acids is 2. The zero-order valence-corrected chi connectivity index (χ0v) is 17.0. The minimum atomic E-state index is -0.469. The number of amides is 1. The molecule has 1 amide bonds. The Kier molecular flexibility index (Phi) is 6.84. The maximum Gasteiger partial charge on any atom is 0.340 e. The van der Waals surface area contributed by atoms with Gasteiger partial charge in [-0.1, -0.05) is 12.1 Å². The molecule has 0 spiro atoms. The second-order valence-corrected chi connectivity index (χ2v) is 6.18. The number of carbonyl (C=O) groups is 2. The lowest BCUT2D eigenvalue weighted by atomic mass is 10.2. The molecule has 10 heteroatoms. The lowest BCUT2D eigenvalue weighted by molar-refractivity contribution is 0.0527. The Morgan fingerprint density at radius 3 is 2.45 bits per heavy atom. The molecule has 0 unspecified atom stereocenters. The molecule has 0 saturated heterocycles. The molecule has 0 atom stereocenters. The number of para-hydroxylation sites is 1. The third-order valence-corrected chi connectivity index (χ3v) is 4.21. The number of esters is 1. The maximum absolute atomic E-state index is 12.3. The molecule has 0 aliphatic carbocycles. The normalized spacial score (nSPS) is 10.1. The van der Waals surface area contributed by atoms with Gasteiger partial charge >= 0.3 is 5.97 Å². The summed E-state index contributed by atoms with van der Waals surface area (Å²) in [7, 11) is 1.55. The van der Waals surface area contributed by atoms with E-state index in [0.717, 1.165) is 0 Å². The molecule has 160 valence electrons. The van der Waals surface area contributed by atoms with E-state index in [2.05, 4.69) is 26.1 Å². The number of hydrogen-bond acceptors (Lipinski definition) is 9. The van der Waals surface area contributed by atoms with Gasteiger partial charge in [-0.15, -0.1) is 0 Å². The predicted octanol–water partition coefficient (Wildman–Crippen LogP) is 2.74. The molecule has 0 bridgehead atoms. The van der Waals surface area contributed by atoms with E-state index in [4.69, 9.17) is 15.2 Å². The molecular weight excluding hydrogens is 400 g/mol. The molecule has 31 heavy (non-hydrogen) atoms. The van der Waals surface area contributed by atoms with Gasteiger partial charge in [0.05, 0.1) is 25.0 Å². The predicted molar refractivity (Wildman–Crippen MR) is 116 cm³/mol. The first-order chi connectivity index (χ1) is 15.0. The van der Waals surface area contributed by atoms with Gasteiger partial charge in [0.1, 0.15) is 17.8 Å². The van der Waals surface area contributed by atoms with Gasteiger partial charge in [-0.2, -0.15) is 0 Å². The first kappa shape index (κ1) is 21.4. The third kappa shape index (κ3) is 5.18. The fourth-order valence-corrected chi connectivity index (χ4v) is 2.63. The summed E-state index contributed by atoms with van der Waals surface area (Å²) in [4.78, 5) is 32.7. The third-order valence-electron chi connectivity index (χ3n) is 4.21. The standard InChI is InChI=1S/C21H22N6O4/c1-3-31-21(29)15-6-4-5-7-16(15)25-18-17(22)19(24-12-23-18)26-27-20(28)13-8-10-14(30-2)11-9-13/h4-12H,3,22H2,1-2H3,(H,27,28)(H2,23,24,25,26). The fraction of sp³-hybridized carbons (Fsp3) is 0.143. The molecule has 0 aliphatic heterocycles. The lowest BCUT2D eigenvalue weighted by Crippen LogP contribution is -2.30. The van der Waals surface area contributed by atoms with Crippen molar-refractivity contribution >= 4 is 34.9 Å². The van der Waals surface area contributed by atoms with Gasteiger partial charge in [0.15, 0.2) is 11.6 Å². The number of nitrogens with two attached hydrogens (primary N) is 1. The highest BCUT2D eigenvalue weighted by Gasteiger charge is 2.15. The quantitative estimate of drug-likeness (QED) is 0.318. The highest BCUT2D eigenvalue weighted by atomic mass is 16.5. The monoisotopic (exact) mass is 422 g/mol. The molecule has 1 heterocycles. The number of nitrogens with zero attached hydrogens (tertiary/aromatic N) is 2. The Morgan fingerprint density at radius 2 is 1.74 bits per heavy atom. The summed E-state index contributed by atoms with van der Waals surface area (Å²) in [6, 6.07) is 13.4. The molecule has 2 aromatic carbocycles. The molecule has 3 rings (SSSR count). The van der Waals surface area contributed by atoms with Crippen molar-refractivity contribution in [3.05, 3.63) is 66.0 Å². The molecule has 0 aliphatic rings. The number of methoxy groups -OCH3 is 1. The Morgan fingerprint density at radius 1 is 1.03 bits per heavy atom. The lowest BCUT2D eigenvalue weighted by Gasteiger charge is -2.15. The summed E-state index contributed by atoms with van der Waals surface area (Å²) in [5.74, 6) is 0.232. The average Bonchev–Trinajstić information content (AvgIpc) is 2.80. The van der Waals surface area contributed by atoms with Gasteiger partial charge in [-0.3, -0.25) is 15.6 Å². The fourth-order valence-electron chi connectivity index (χ4n) is 2.63. The number of benzene rings is 2. The van der Waals surface area contributed by atoms with Crippen LogP contribution in [-0.4, -0.2) is 35.6 Å². The SMILES string of the molecule is CCOC(=O)c1ccccc1Nc1ncnc(NNC(=O)c2ccc(OC)cc2)c1N. The van der Waals surface area contributed by atoms with Crippen LogP contribution in [0.2, 0.25) is 0 Å². The topological polar surface area (TPSA) is 140 Å². The van der Waals surface area contributed by atoms with Crippen LogP contribution in [0.4, 0.5) is 23.0 Å². The van der Waals surface area contributed by atoms with Crippen molar-refractivity contribution in [1.29, 1.82) is 0 Å². The zero-order chi connectivity index (χ0) is 22.2. The molecule has 0 radical (unpaired) electrons. The molecule has 1 aromatic heterocycles. The minimum Gasteiger partial charge on any atom is -0.497 e. The van der Waals surface area contributed by atoms with Crippen LogP contribution < -0.4 is 26.6 Å². The van der Waals surface area contributed by atoms with E-state index in [9.17, 15) is 9.59 Å². The van der Waals surface area contributed by atoms with Crippen LogP contribution in [-0.2, 0) is 4.74 Å².